The summed E-state index contributed by atoms with van der Waals surface area (Å²) in [6.45, 7) is 0. The molecule has 1 heteroatoms. The molecule has 0 spiro atoms. The maximum Gasteiger partial charge on any atom is 0.0420 e. The highest BCUT2D eigenvalue weighted by atomic mass is 14.9. The molecule has 4 aromatic rings. The molecule has 0 saturated carbocycles. The van der Waals surface area contributed by atoms with Crippen molar-refractivity contribution in [2.75, 3.05) is 5.32 Å². The first-order valence-electron chi connectivity index (χ1n) is 10.5. The zero-order valence-corrected chi connectivity index (χ0v) is 16.6. The first-order chi connectivity index (χ1) is 14.3. The molecule has 8 rings (SSSR count). The van der Waals surface area contributed by atoms with Crippen LogP contribution in [0.1, 0.15) is 22.3 Å². The Morgan fingerprint density at radius 3 is 1.76 bits per heavy atom. The van der Waals surface area contributed by atoms with Crippen LogP contribution in [0.2, 0.25) is 0 Å². The lowest BCUT2D eigenvalue weighted by molar-refractivity contribution is 0.925. The van der Waals surface area contributed by atoms with E-state index >= 15 is 0 Å². The molecule has 4 aromatic carbocycles. The zero-order valence-electron chi connectivity index (χ0n) is 16.6. The fraction of sp³-hybridized carbons (Fsp3) is 0.143. The van der Waals surface area contributed by atoms with Crippen LogP contribution < -0.4 is 5.32 Å². The van der Waals surface area contributed by atoms with Gasteiger partial charge in [-0.1, -0.05) is 72.8 Å². The molecule has 4 bridgehead atoms. The molecule has 29 heavy (non-hydrogen) atoms. The van der Waals surface area contributed by atoms with Gasteiger partial charge in [0.1, 0.15) is 0 Å². The first-order valence-corrected chi connectivity index (χ1v) is 10.5. The van der Waals surface area contributed by atoms with E-state index in [0.717, 1.165) is 31.4 Å². The van der Waals surface area contributed by atoms with Crippen LogP contribution in [0.25, 0.3) is 11.1 Å². The van der Waals surface area contributed by atoms with Crippen molar-refractivity contribution in [2.24, 2.45) is 0 Å². The van der Waals surface area contributed by atoms with E-state index in [4.69, 9.17) is 0 Å². The van der Waals surface area contributed by atoms with Crippen LogP contribution in [0, 0.1) is 0 Å². The van der Waals surface area contributed by atoms with Gasteiger partial charge in [0.05, 0.1) is 0 Å². The Balaban J connectivity index is 1.63. The fourth-order valence-corrected chi connectivity index (χ4v) is 4.21. The van der Waals surface area contributed by atoms with Crippen molar-refractivity contribution in [1.29, 1.82) is 0 Å². The molecule has 4 aliphatic rings. The van der Waals surface area contributed by atoms with Gasteiger partial charge in [-0.05, 0) is 83.3 Å². The number of hydrogen-bond acceptors (Lipinski definition) is 1. The van der Waals surface area contributed by atoms with Gasteiger partial charge in [-0.15, -0.1) is 0 Å². The van der Waals surface area contributed by atoms with Crippen LogP contribution in [0.4, 0.5) is 11.4 Å². The fourth-order valence-electron chi connectivity index (χ4n) is 4.21. The van der Waals surface area contributed by atoms with Crippen LogP contribution in [-0.2, 0) is 25.7 Å². The molecule has 0 fully saturated rings. The number of nitrogens with one attached hydrogen (secondary N) is 1. The van der Waals surface area contributed by atoms with Crippen molar-refractivity contribution in [3.8, 4) is 11.1 Å². The lowest BCUT2D eigenvalue weighted by atomic mass is 9.89. The van der Waals surface area contributed by atoms with Crippen LogP contribution in [-0.4, -0.2) is 0 Å². The molecule has 4 aliphatic carbocycles. The second kappa shape index (κ2) is 7.97. The third-order valence-corrected chi connectivity index (χ3v) is 5.86. The summed E-state index contributed by atoms with van der Waals surface area (Å²) in [7, 11) is 0. The van der Waals surface area contributed by atoms with Gasteiger partial charge in [0.2, 0.25) is 0 Å². The Labute approximate surface area is 173 Å². The lowest BCUT2D eigenvalue weighted by Gasteiger charge is -2.20. The largest absolute Gasteiger partial charge is 0.355 e. The van der Waals surface area contributed by atoms with Crippen molar-refractivity contribution in [3.05, 3.63) is 119 Å². The normalized spacial score (nSPS) is 13.0. The number of benzene rings is 4. The van der Waals surface area contributed by atoms with Gasteiger partial charge in [-0.2, -0.15) is 0 Å². The molecule has 0 heterocycles. The molecule has 0 amide bonds. The van der Waals surface area contributed by atoms with E-state index in [2.05, 4.69) is 102 Å². The molecule has 0 aromatic heterocycles. The van der Waals surface area contributed by atoms with Crippen molar-refractivity contribution >= 4 is 11.4 Å². The van der Waals surface area contributed by atoms with E-state index in [-0.39, 0.29) is 0 Å². The average Bonchev–Trinajstić information content (AvgIpc) is 2.77. The average molecular weight is 376 g/mol. The highest BCUT2D eigenvalue weighted by Crippen LogP contribution is 2.33. The monoisotopic (exact) mass is 375 g/mol. The van der Waals surface area contributed by atoms with Crippen LogP contribution in [0.3, 0.4) is 0 Å². The predicted octanol–water partition coefficient (Wildman–Crippen LogP) is 6.98. The standard InChI is InChI=1S/C28H25N/c1-3-7-23(8-4-1)27-19-25-18-16-22-13-11-21(12-14-22)15-17-24(27)20-28(25)29-26-9-5-2-6-10-26/h1-14,19-20,29H,15-18H2. The molecular weight excluding hydrogens is 350 g/mol. The van der Waals surface area contributed by atoms with Crippen LogP contribution >= 0.6 is 0 Å². The number of hydrogen-bond donors (Lipinski definition) is 1. The molecule has 0 saturated heterocycles. The Hall–Kier alpha value is -3.32. The zero-order chi connectivity index (χ0) is 19.5. The maximum absolute atomic E-state index is 3.69. The third-order valence-electron chi connectivity index (χ3n) is 5.86. The highest BCUT2D eigenvalue weighted by molar-refractivity contribution is 5.75. The van der Waals surface area contributed by atoms with Gasteiger partial charge in [0, 0.05) is 11.4 Å². The Morgan fingerprint density at radius 1 is 0.517 bits per heavy atom. The van der Waals surface area contributed by atoms with E-state index in [1.54, 1.807) is 0 Å². The molecule has 0 aliphatic heterocycles. The second-order valence-corrected chi connectivity index (χ2v) is 7.84. The summed E-state index contributed by atoms with van der Waals surface area (Å²) in [4.78, 5) is 0. The Morgan fingerprint density at radius 2 is 1.10 bits per heavy atom. The SMILES string of the molecule is c1ccc(Nc2cc3c(-c4ccccc4)cc2CCc2ccc(cc2)CC3)cc1. The molecule has 0 atom stereocenters. The van der Waals surface area contributed by atoms with E-state index < -0.39 is 0 Å². The van der Waals surface area contributed by atoms with Gasteiger partial charge in [0.15, 0.2) is 0 Å². The van der Waals surface area contributed by atoms with Crippen molar-refractivity contribution in [3.63, 3.8) is 0 Å². The minimum atomic E-state index is 1.02. The number of rotatable bonds is 3. The van der Waals surface area contributed by atoms with Gasteiger partial charge in [-0.3, -0.25) is 0 Å². The molecular formula is C28H25N. The van der Waals surface area contributed by atoms with Gasteiger partial charge in [0.25, 0.3) is 0 Å². The third kappa shape index (κ3) is 3.95. The van der Waals surface area contributed by atoms with E-state index in [1.807, 2.05) is 0 Å². The van der Waals surface area contributed by atoms with Gasteiger partial charge < -0.3 is 5.32 Å². The number of para-hydroxylation sites is 1. The quantitative estimate of drug-likeness (QED) is 0.407. The highest BCUT2D eigenvalue weighted by Gasteiger charge is 2.14. The minimum absolute atomic E-state index is 1.02. The summed E-state index contributed by atoms with van der Waals surface area (Å²) in [5.41, 5.74) is 10.7. The number of anilines is 2. The summed E-state index contributed by atoms with van der Waals surface area (Å²) in [6.07, 6.45) is 4.17. The van der Waals surface area contributed by atoms with E-state index in [9.17, 15) is 0 Å². The predicted molar refractivity (Wildman–Crippen MR) is 123 cm³/mol. The molecule has 1 nitrogen and oxygen atoms in total. The molecule has 0 radical (unpaired) electrons. The summed E-state index contributed by atoms with van der Waals surface area (Å²) in [6, 6.07) is 35.3. The maximum atomic E-state index is 3.69. The first kappa shape index (κ1) is 17.8. The minimum Gasteiger partial charge on any atom is -0.355 e. The van der Waals surface area contributed by atoms with Crippen LogP contribution in [0.15, 0.2) is 97.1 Å². The van der Waals surface area contributed by atoms with E-state index in [0.29, 0.717) is 0 Å². The van der Waals surface area contributed by atoms with Crippen molar-refractivity contribution in [2.45, 2.75) is 25.7 Å². The molecule has 142 valence electrons. The summed E-state index contributed by atoms with van der Waals surface area (Å²) >= 11 is 0. The number of aryl methyl sites for hydroxylation is 4. The molecule has 1 N–H and O–H groups in total. The summed E-state index contributed by atoms with van der Waals surface area (Å²) in [5.74, 6) is 0. The smallest absolute Gasteiger partial charge is 0.0420 e. The Bertz CT molecular complexity index is 1100. The van der Waals surface area contributed by atoms with Crippen molar-refractivity contribution < 1.29 is 0 Å². The second-order valence-electron chi connectivity index (χ2n) is 7.84. The summed E-state index contributed by atoms with van der Waals surface area (Å²) in [5, 5.41) is 3.69. The Kier molecular flexibility index (Phi) is 4.88. The van der Waals surface area contributed by atoms with E-state index in [1.165, 1.54) is 39.1 Å². The van der Waals surface area contributed by atoms with Crippen LogP contribution in [0.5, 0.6) is 0 Å². The van der Waals surface area contributed by atoms with Gasteiger partial charge in [-0.25, -0.2) is 0 Å². The summed E-state index contributed by atoms with van der Waals surface area (Å²) < 4.78 is 0. The molecule has 0 unspecified atom stereocenters. The lowest BCUT2D eigenvalue weighted by Crippen LogP contribution is -2.04. The topological polar surface area (TPSA) is 12.0 Å². The van der Waals surface area contributed by atoms with Crippen molar-refractivity contribution in [1.82, 2.24) is 0 Å². The van der Waals surface area contributed by atoms with Gasteiger partial charge >= 0.3 is 0 Å².